The standard InChI is InChI=1S/C9H18N2O/c1-4-10-6-5-7-11(8(2)3)9(10)12/h8H,4-7H2,1-3H3. The number of hydrogen-bond donors (Lipinski definition) is 0. The Kier molecular flexibility index (Phi) is 2.95. The normalized spacial score (nSPS) is 19.2. The molecule has 0 aromatic heterocycles. The summed E-state index contributed by atoms with van der Waals surface area (Å²) >= 11 is 0. The van der Waals surface area contributed by atoms with Crippen LogP contribution in [-0.4, -0.2) is 41.5 Å². The SMILES string of the molecule is CCN1CCCN(C(C)C)C1=O. The maximum atomic E-state index is 11.6. The molecule has 1 aliphatic rings. The molecule has 1 heterocycles. The van der Waals surface area contributed by atoms with E-state index >= 15 is 0 Å². The van der Waals surface area contributed by atoms with E-state index in [9.17, 15) is 4.79 Å². The number of carbonyl (C=O) groups excluding carboxylic acids is 1. The summed E-state index contributed by atoms with van der Waals surface area (Å²) in [6.07, 6.45) is 1.11. The van der Waals surface area contributed by atoms with Gasteiger partial charge in [-0.05, 0) is 27.2 Å². The molecule has 0 radical (unpaired) electrons. The van der Waals surface area contributed by atoms with Gasteiger partial charge in [0.15, 0.2) is 0 Å². The van der Waals surface area contributed by atoms with Crippen LogP contribution in [0.1, 0.15) is 27.2 Å². The van der Waals surface area contributed by atoms with Crippen LogP contribution in [0.3, 0.4) is 0 Å². The summed E-state index contributed by atoms with van der Waals surface area (Å²) in [6.45, 7) is 8.85. The van der Waals surface area contributed by atoms with Crippen molar-refractivity contribution in [2.45, 2.75) is 33.2 Å². The highest BCUT2D eigenvalue weighted by Gasteiger charge is 2.25. The summed E-state index contributed by atoms with van der Waals surface area (Å²) in [6, 6.07) is 0.547. The molecule has 3 heteroatoms. The second kappa shape index (κ2) is 3.78. The topological polar surface area (TPSA) is 23.6 Å². The van der Waals surface area contributed by atoms with E-state index < -0.39 is 0 Å². The summed E-state index contributed by atoms with van der Waals surface area (Å²) in [4.78, 5) is 15.5. The van der Waals surface area contributed by atoms with E-state index in [-0.39, 0.29) is 6.03 Å². The van der Waals surface area contributed by atoms with Crippen LogP contribution in [-0.2, 0) is 0 Å². The summed E-state index contributed by atoms with van der Waals surface area (Å²) in [7, 11) is 0. The minimum atomic E-state index is 0.207. The highest BCUT2D eigenvalue weighted by atomic mass is 16.2. The van der Waals surface area contributed by atoms with Crippen LogP contribution in [0, 0.1) is 0 Å². The van der Waals surface area contributed by atoms with Gasteiger partial charge >= 0.3 is 6.03 Å². The van der Waals surface area contributed by atoms with Crippen molar-refractivity contribution in [1.82, 2.24) is 9.80 Å². The Morgan fingerprint density at radius 2 is 2.08 bits per heavy atom. The Balaban J connectivity index is 2.59. The Morgan fingerprint density at radius 3 is 2.58 bits per heavy atom. The van der Waals surface area contributed by atoms with Gasteiger partial charge < -0.3 is 9.80 Å². The maximum Gasteiger partial charge on any atom is 0.320 e. The quantitative estimate of drug-likeness (QED) is 0.616. The first kappa shape index (κ1) is 9.36. The molecule has 0 aliphatic carbocycles. The average Bonchev–Trinajstić information content (AvgIpc) is 2.04. The fraction of sp³-hybridized carbons (Fsp3) is 0.889. The zero-order valence-corrected chi connectivity index (χ0v) is 8.21. The van der Waals surface area contributed by atoms with Crippen molar-refractivity contribution in [3.05, 3.63) is 0 Å². The van der Waals surface area contributed by atoms with Crippen LogP contribution in [0.4, 0.5) is 4.79 Å². The Morgan fingerprint density at radius 1 is 1.42 bits per heavy atom. The van der Waals surface area contributed by atoms with Crippen molar-refractivity contribution in [3.8, 4) is 0 Å². The van der Waals surface area contributed by atoms with Crippen molar-refractivity contribution in [1.29, 1.82) is 0 Å². The Bertz CT molecular complexity index is 168. The molecule has 0 N–H and O–H groups in total. The molecule has 2 amide bonds. The lowest BCUT2D eigenvalue weighted by Gasteiger charge is -2.37. The molecule has 0 saturated carbocycles. The van der Waals surface area contributed by atoms with Crippen molar-refractivity contribution in [3.63, 3.8) is 0 Å². The predicted octanol–water partition coefficient (Wildman–Crippen LogP) is 1.54. The molecular weight excluding hydrogens is 152 g/mol. The van der Waals surface area contributed by atoms with Crippen molar-refractivity contribution >= 4 is 6.03 Å². The van der Waals surface area contributed by atoms with Gasteiger partial charge in [-0.25, -0.2) is 4.79 Å². The molecule has 1 rings (SSSR count). The molecule has 1 saturated heterocycles. The third kappa shape index (κ3) is 1.71. The molecule has 0 spiro atoms. The number of hydrogen-bond acceptors (Lipinski definition) is 1. The van der Waals surface area contributed by atoms with Gasteiger partial charge in [-0.15, -0.1) is 0 Å². The molecule has 0 aromatic rings. The highest BCUT2D eigenvalue weighted by Crippen LogP contribution is 2.11. The second-order valence-electron chi connectivity index (χ2n) is 3.50. The summed E-state index contributed by atoms with van der Waals surface area (Å²) in [5, 5.41) is 0. The molecule has 0 bridgehead atoms. The van der Waals surface area contributed by atoms with Gasteiger partial charge in [-0.1, -0.05) is 0 Å². The van der Waals surface area contributed by atoms with E-state index in [1.807, 2.05) is 16.7 Å². The highest BCUT2D eigenvalue weighted by molar-refractivity contribution is 5.75. The molecule has 0 atom stereocenters. The van der Waals surface area contributed by atoms with Crippen molar-refractivity contribution < 1.29 is 4.79 Å². The number of amides is 2. The van der Waals surface area contributed by atoms with E-state index in [1.165, 1.54) is 0 Å². The first-order chi connectivity index (χ1) is 5.66. The fourth-order valence-corrected chi connectivity index (χ4v) is 1.58. The van der Waals surface area contributed by atoms with Gasteiger partial charge in [0, 0.05) is 25.7 Å². The van der Waals surface area contributed by atoms with E-state index in [1.54, 1.807) is 0 Å². The monoisotopic (exact) mass is 170 g/mol. The maximum absolute atomic E-state index is 11.6. The number of nitrogens with zero attached hydrogens (tertiary/aromatic N) is 2. The van der Waals surface area contributed by atoms with E-state index in [0.29, 0.717) is 6.04 Å². The molecule has 0 aromatic carbocycles. The lowest BCUT2D eigenvalue weighted by molar-refractivity contribution is 0.118. The summed E-state index contributed by atoms with van der Waals surface area (Å²) in [5.41, 5.74) is 0. The zero-order chi connectivity index (χ0) is 9.14. The molecular formula is C9H18N2O. The second-order valence-corrected chi connectivity index (χ2v) is 3.50. The van der Waals surface area contributed by atoms with Crippen molar-refractivity contribution in [2.24, 2.45) is 0 Å². The average molecular weight is 170 g/mol. The van der Waals surface area contributed by atoms with E-state index in [0.717, 1.165) is 26.1 Å². The van der Waals surface area contributed by atoms with Crippen LogP contribution < -0.4 is 0 Å². The molecule has 70 valence electrons. The molecule has 1 aliphatic heterocycles. The smallest absolute Gasteiger partial charge is 0.320 e. The van der Waals surface area contributed by atoms with E-state index in [2.05, 4.69) is 13.8 Å². The van der Waals surface area contributed by atoms with Crippen LogP contribution in [0.15, 0.2) is 0 Å². The zero-order valence-electron chi connectivity index (χ0n) is 8.21. The van der Waals surface area contributed by atoms with Gasteiger partial charge in [0.05, 0.1) is 0 Å². The first-order valence-corrected chi connectivity index (χ1v) is 4.72. The first-order valence-electron chi connectivity index (χ1n) is 4.72. The van der Waals surface area contributed by atoms with Crippen LogP contribution in [0.5, 0.6) is 0 Å². The summed E-state index contributed by atoms with van der Waals surface area (Å²) < 4.78 is 0. The number of rotatable bonds is 2. The summed E-state index contributed by atoms with van der Waals surface area (Å²) in [5.74, 6) is 0. The third-order valence-corrected chi connectivity index (χ3v) is 2.35. The lowest BCUT2D eigenvalue weighted by atomic mass is 10.2. The fourth-order valence-electron chi connectivity index (χ4n) is 1.58. The minimum Gasteiger partial charge on any atom is -0.325 e. The lowest BCUT2D eigenvalue weighted by Crippen LogP contribution is -2.51. The van der Waals surface area contributed by atoms with Gasteiger partial charge in [0.25, 0.3) is 0 Å². The molecule has 3 nitrogen and oxygen atoms in total. The van der Waals surface area contributed by atoms with Crippen molar-refractivity contribution in [2.75, 3.05) is 19.6 Å². The van der Waals surface area contributed by atoms with Gasteiger partial charge in [0.2, 0.25) is 0 Å². The molecule has 1 fully saturated rings. The van der Waals surface area contributed by atoms with Crippen LogP contribution >= 0.6 is 0 Å². The van der Waals surface area contributed by atoms with Gasteiger partial charge in [-0.3, -0.25) is 0 Å². The molecule has 0 unspecified atom stereocenters. The van der Waals surface area contributed by atoms with Crippen LogP contribution in [0.25, 0.3) is 0 Å². The number of urea groups is 1. The largest absolute Gasteiger partial charge is 0.325 e. The Labute approximate surface area is 74.3 Å². The van der Waals surface area contributed by atoms with Gasteiger partial charge in [0.1, 0.15) is 0 Å². The van der Waals surface area contributed by atoms with E-state index in [4.69, 9.17) is 0 Å². The minimum absolute atomic E-state index is 0.207. The third-order valence-electron chi connectivity index (χ3n) is 2.35. The van der Waals surface area contributed by atoms with Gasteiger partial charge in [-0.2, -0.15) is 0 Å². The number of carbonyl (C=O) groups is 1. The van der Waals surface area contributed by atoms with Crippen LogP contribution in [0.2, 0.25) is 0 Å². The Hall–Kier alpha value is -0.730. The predicted molar refractivity (Wildman–Crippen MR) is 49.1 cm³/mol. The molecule has 12 heavy (non-hydrogen) atoms.